The van der Waals surface area contributed by atoms with Crippen LogP contribution in [0.25, 0.3) is 0 Å². The van der Waals surface area contributed by atoms with Crippen molar-refractivity contribution in [2.45, 2.75) is 170 Å². The van der Waals surface area contributed by atoms with Gasteiger partial charge in [-0.25, -0.2) is 0 Å². The maximum atomic E-state index is 14.3. The molecule has 1 saturated heterocycles. The minimum atomic E-state index is -0.834. The maximum absolute atomic E-state index is 14.3. The van der Waals surface area contributed by atoms with E-state index < -0.39 is 28.3 Å². The number of carboxylic acids is 1. The Bertz CT molecular complexity index is 2190. The van der Waals surface area contributed by atoms with Gasteiger partial charge in [0.1, 0.15) is 18.0 Å². The molecule has 0 aromatic heterocycles. The van der Waals surface area contributed by atoms with Gasteiger partial charge in [0.25, 0.3) is 5.91 Å². The first-order chi connectivity index (χ1) is 30.4. The van der Waals surface area contributed by atoms with Crippen molar-refractivity contribution in [1.82, 2.24) is 10.6 Å². The van der Waals surface area contributed by atoms with E-state index in [1.165, 1.54) is 5.57 Å². The van der Waals surface area contributed by atoms with E-state index in [-0.39, 0.29) is 93.6 Å². The number of carboxylic acid groups (broad SMARTS) is 1. The fraction of sp³-hybridized carbons (Fsp3) is 0.759. The molecule has 356 valence electrons. The Labute approximate surface area is 386 Å². The Morgan fingerprint density at radius 2 is 1.57 bits per heavy atom. The van der Waals surface area contributed by atoms with E-state index in [0.717, 1.165) is 69.8 Å². The lowest BCUT2D eigenvalue weighted by molar-refractivity contribution is -0.221. The molecule has 7 aliphatic carbocycles. The number of benzene rings is 1. The van der Waals surface area contributed by atoms with Crippen LogP contribution in [0.15, 0.2) is 35.4 Å². The van der Waals surface area contributed by atoms with Gasteiger partial charge in [0.15, 0.2) is 5.78 Å². The van der Waals surface area contributed by atoms with Crippen molar-refractivity contribution >= 4 is 29.5 Å². The lowest BCUT2D eigenvalue weighted by atomic mass is 9.33. The van der Waals surface area contributed by atoms with Crippen molar-refractivity contribution in [2.75, 3.05) is 19.8 Å². The van der Waals surface area contributed by atoms with Gasteiger partial charge in [0.2, 0.25) is 5.91 Å². The summed E-state index contributed by atoms with van der Waals surface area (Å²) in [5.74, 6) is -0.578. The predicted molar refractivity (Wildman–Crippen MR) is 246 cm³/mol. The number of esters is 1. The van der Waals surface area contributed by atoms with E-state index in [1.54, 1.807) is 24.3 Å². The number of hydrogen-bond donors (Lipinski definition) is 3. The number of ether oxygens (including phenoxy) is 3. The summed E-state index contributed by atoms with van der Waals surface area (Å²) in [5, 5.41) is 16.0. The third-order valence-corrected chi connectivity index (χ3v) is 20.6. The van der Waals surface area contributed by atoms with Gasteiger partial charge in [-0.05, 0) is 153 Å². The molecule has 7 fully saturated rings. The number of amides is 2. The van der Waals surface area contributed by atoms with Crippen LogP contribution in [0.1, 0.15) is 163 Å². The molecular weight excluding hydrogens is 821 g/mol. The van der Waals surface area contributed by atoms with Crippen molar-refractivity contribution in [2.24, 2.45) is 67.5 Å². The van der Waals surface area contributed by atoms with Crippen molar-refractivity contribution in [3.63, 3.8) is 0 Å². The highest BCUT2D eigenvalue weighted by Crippen LogP contribution is 2.87. The molecule has 6 saturated carbocycles. The molecule has 0 unspecified atom stereocenters. The standard InChI is InChI=1S/C54H76N2O9/c1-31(2)42-38(57)26-53(27-41(58)55-30-47(3,4)56-44(59)32-11-13-33(14-12-32)64-34-18-24-63-28-34)22-20-49(7)35(43(42)53)15-16-39-50(49,8)21-23-54-29-52(54,10)40(17-19-51(39,54)9)65-46(62)37-25-36(45(60)61)48(37,5)6/h11-14,31,34-37,39-40H,15-30H2,1-10H3,(H,55,58)(H,56,59)(H,60,61)/t34-,35-,36+,37-,39+,40+,49-,50-,51-,52-,53+,54+/m1/s1. The van der Waals surface area contributed by atoms with E-state index in [1.807, 2.05) is 27.7 Å². The summed E-state index contributed by atoms with van der Waals surface area (Å²) in [6.45, 7) is 23.5. The van der Waals surface area contributed by atoms with E-state index in [2.05, 4.69) is 52.2 Å². The summed E-state index contributed by atoms with van der Waals surface area (Å²) in [6, 6.07) is 7.13. The SMILES string of the molecule is CC(C)C1=C2[C@H]3CC[C@@H]4[C@@]5(C)CC[C@H](OC(=O)[C@H]6C[C@@H](C(=O)O)C6(C)C)[C@@]6(C)C[C@]65CC[C@@]4(C)[C@]3(C)CC[C@@]2(CC(=O)NCC(C)(C)NC(=O)c2ccc(O[C@@H]3CCOC3)cc2)CC1=O. The highest BCUT2D eigenvalue weighted by Gasteiger charge is 2.82. The molecule has 9 rings (SSSR count). The van der Waals surface area contributed by atoms with Gasteiger partial charge < -0.3 is 30.0 Å². The third kappa shape index (κ3) is 6.90. The number of rotatable bonds is 12. The van der Waals surface area contributed by atoms with E-state index in [0.29, 0.717) is 43.3 Å². The van der Waals surface area contributed by atoms with Crippen molar-refractivity contribution < 1.29 is 43.3 Å². The first-order valence-corrected chi connectivity index (χ1v) is 25.0. The molecule has 0 radical (unpaired) electrons. The number of carbonyl (C=O) groups is 5. The number of ketones is 1. The Balaban J connectivity index is 0.882. The summed E-state index contributed by atoms with van der Waals surface area (Å²) in [7, 11) is 0. The van der Waals surface area contributed by atoms with Gasteiger partial charge in [0, 0.05) is 42.2 Å². The number of fused-ring (bicyclic) bond motifs is 6. The average Bonchev–Trinajstić information content (AvgIpc) is 3.44. The van der Waals surface area contributed by atoms with Gasteiger partial charge in [-0.2, -0.15) is 0 Å². The van der Waals surface area contributed by atoms with Crippen LogP contribution >= 0.6 is 0 Å². The minimum absolute atomic E-state index is 0.0276. The van der Waals surface area contributed by atoms with Gasteiger partial charge in [0.05, 0.1) is 30.6 Å². The van der Waals surface area contributed by atoms with Crippen molar-refractivity contribution in [1.29, 1.82) is 0 Å². The first kappa shape index (κ1) is 46.4. The summed E-state index contributed by atoms with van der Waals surface area (Å²) in [5.41, 5.74) is 0.971. The van der Waals surface area contributed by atoms with Crippen molar-refractivity contribution in [3.05, 3.63) is 41.0 Å². The number of nitrogens with one attached hydrogen (secondary N) is 2. The van der Waals surface area contributed by atoms with E-state index >= 15 is 0 Å². The summed E-state index contributed by atoms with van der Waals surface area (Å²) in [6.07, 6.45) is 10.6. The molecule has 1 aromatic carbocycles. The molecule has 0 bridgehead atoms. The molecule has 1 heterocycles. The average molecular weight is 897 g/mol. The minimum Gasteiger partial charge on any atom is -0.488 e. The van der Waals surface area contributed by atoms with Gasteiger partial charge in [-0.1, -0.05) is 61.0 Å². The number of hydrogen-bond acceptors (Lipinski definition) is 8. The molecule has 1 aromatic rings. The van der Waals surface area contributed by atoms with Gasteiger partial charge >= 0.3 is 11.9 Å². The molecule has 1 spiro atoms. The second-order valence-electron chi connectivity index (χ2n) is 24.9. The van der Waals surface area contributed by atoms with Crippen molar-refractivity contribution in [3.8, 4) is 5.75 Å². The fourth-order valence-electron chi connectivity index (χ4n) is 16.5. The van der Waals surface area contributed by atoms with Crippen LogP contribution in [-0.2, 0) is 28.7 Å². The Morgan fingerprint density at radius 1 is 0.862 bits per heavy atom. The Kier molecular flexibility index (Phi) is 11.0. The van der Waals surface area contributed by atoms with Gasteiger partial charge in [-0.15, -0.1) is 0 Å². The molecule has 65 heavy (non-hydrogen) atoms. The predicted octanol–water partition coefficient (Wildman–Crippen LogP) is 9.26. The molecule has 1 aliphatic heterocycles. The summed E-state index contributed by atoms with van der Waals surface area (Å²) < 4.78 is 17.8. The smallest absolute Gasteiger partial charge is 0.309 e. The Morgan fingerprint density at radius 3 is 2.22 bits per heavy atom. The molecule has 8 aliphatic rings. The normalized spacial score (nSPS) is 41.2. The van der Waals surface area contributed by atoms with Crippen LogP contribution in [0.4, 0.5) is 0 Å². The molecule has 11 heteroatoms. The lowest BCUT2D eigenvalue weighted by Gasteiger charge is -2.71. The molecular formula is C54H76N2O9. The maximum Gasteiger partial charge on any atom is 0.309 e. The zero-order chi connectivity index (χ0) is 46.9. The molecule has 3 N–H and O–H groups in total. The number of Topliss-reactive ketones (excluding diaryl/α,β-unsaturated/α-hetero) is 1. The first-order valence-electron chi connectivity index (χ1n) is 25.0. The lowest BCUT2D eigenvalue weighted by Crippen LogP contribution is -2.64. The molecule has 12 atom stereocenters. The van der Waals surface area contributed by atoms with Crippen LogP contribution in [0.2, 0.25) is 0 Å². The van der Waals surface area contributed by atoms with E-state index in [4.69, 9.17) is 14.2 Å². The van der Waals surface area contributed by atoms with Crippen LogP contribution in [-0.4, -0.2) is 72.1 Å². The topological polar surface area (TPSA) is 157 Å². The van der Waals surface area contributed by atoms with Gasteiger partial charge in [-0.3, -0.25) is 24.0 Å². The quantitative estimate of drug-likeness (QED) is 0.174. The fourth-order valence-corrected chi connectivity index (χ4v) is 16.5. The highest BCUT2D eigenvalue weighted by molar-refractivity contribution is 6.01. The third-order valence-electron chi connectivity index (χ3n) is 20.6. The van der Waals surface area contributed by atoms with Crippen LogP contribution < -0.4 is 15.4 Å². The summed E-state index contributed by atoms with van der Waals surface area (Å²) >= 11 is 0. The second-order valence-corrected chi connectivity index (χ2v) is 24.9. The zero-order valence-corrected chi connectivity index (χ0v) is 40.9. The number of allylic oxidation sites excluding steroid dienone is 2. The van der Waals surface area contributed by atoms with E-state index in [9.17, 15) is 29.1 Å². The number of carbonyl (C=O) groups excluding carboxylic acids is 4. The highest BCUT2D eigenvalue weighted by atomic mass is 16.6. The molecule has 11 nitrogen and oxygen atoms in total. The largest absolute Gasteiger partial charge is 0.488 e. The molecule has 2 amide bonds. The zero-order valence-electron chi connectivity index (χ0n) is 40.9. The second kappa shape index (κ2) is 15.4. The monoisotopic (exact) mass is 897 g/mol. The Hall–Kier alpha value is -3.73. The number of aliphatic carboxylic acids is 1. The van der Waals surface area contributed by atoms with Crippen LogP contribution in [0, 0.1) is 67.5 Å². The van der Waals surface area contributed by atoms with Crippen LogP contribution in [0.3, 0.4) is 0 Å². The van der Waals surface area contributed by atoms with Crippen LogP contribution in [0.5, 0.6) is 5.75 Å². The summed E-state index contributed by atoms with van der Waals surface area (Å²) in [4.78, 5) is 67.4.